The minimum Gasteiger partial charge on any atom is -0.480 e. The number of hydrogen-bond acceptors (Lipinski definition) is 5. The Balaban J connectivity index is 2.07. The monoisotopic (exact) mass is 388 g/mol. The van der Waals surface area contributed by atoms with E-state index in [1.165, 1.54) is 0 Å². The van der Waals surface area contributed by atoms with E-state index < -0.39 is 32.9 Å². The maximum Gasteiger partial charge on any atom is 0.321 e. The van der Waals surface area contributed by atoms with Crippen molar-refractivity contribution in [3.05, 3.63) is 0 Å². The van der Waals surface area contributed by atoms with Crippen molar-refractivity contribution in [2.45, 2.75) is 52.0 Å². The van der Waals surface area contributed by atoms with Crippen LogP contribution in [0.15, 0.2) is 4.99 Å². The van der Waals surface area contributed by atoms with Crippen LogP contribution < -0.4 is 16.2 Å². The van der Waals surface area contributed by atoms with Gasteiger partial charge in [-0.1, -0.05) is 13.8 Å². The smallest absolute Gasteiger partial charge is 0.321 e. The summed E-state index contributed by atoms with van der Waals surface area (Å²) in [4.78, 5) is 27.7. The van der Waals surface area contributed by atoms with Crippen LogP contribution in [0.2, 0.25) is 0 Å². The van der Waals surface area contributed by atoms with Crippen LogP contribution >= 0.6 is 0 Å². The fraction of sp³-hybridized carbons (Fsp3) is 0.812. The summed E-state index contributed by atoms with van der Waals surface area (Å²) in [6, 6.07) is -1.28. The number of guanidine groups is 1. The van der Waals surface area contributed by atoms with E-state index in [1.807, 2.05) is 13.8 Å². The zero-order valence-corrected chi connectivity index (χ0v) is 16.0. The van der Waals surface area contributed by atoms with Crippen molar-refractivity contribution in [2.24, 2.45) is 33.2 Å². The molecule has 2 saturated carbocycles. The highest BCUT2D eigenvalue weighted by Crippen LogP contribution is 2.64. The minimum absolute atomic E-state index is 0.0243. The number of rotatable bonds is 9. The van der Waals surface area contributed by atoms with E-state index in [-0.39, 0.29) is 36.4 Å². The van der Waals surface area contributed by atoms with Crippen molar-refractivity contribution in [3.63, 3.8) is 0 Å². The summed E-state index contributed by atoms with van der Waals surface area (Å²) in [6.45, 7) is 4.09. The number of carbonyl (C=O) groups excluding carboxylic acids is 1. The Morgan fingerprint density at radius 2 is 2.08 bits per heavy atom. The fourth-order valence-corrected chi connectivity index (χ4v) is 6.49. The highest BCUT2D eigenvalue weighted by Gasteiger charge is 2.65. The summed E-state index contributed by atoms with van der Waals surface area (Å²) in [5, 5.41) is 9.31. The van der Waals surface area contributed by atoms with Gasteiger partial charge in [0.15, 0.2) is 5.96 Å². The average Bonchev–Trinajstić information content (AvgIpc) is 2.83. The van der Waals surface area contributed by atoms with Gasteiger partial charge >= 0.3 is 5.97 Å². The molecule has 0 spiro atoms. The number of nitrogens with one attached hydrogen (secondary N) is 1. The van der Waals surface area contributed by atoms with Gasteiger partial charge in [-0.05, 0) is 37.0 Å². The minimum atomic E-state index is -3.95. The molecule has 26 heavy (non-hydrogen) atoms. The highest BCUT2D eigenvalue weighted by molar-refractivity contribution is 7.89. The number of carboxylic acids is 1. The molecule has 0 aromatic heterocycles. The van der Waals surface area contributed by atoms with Crippen LogP contribution in [0, 0.1) is 16.7 Å². The lowest BCUT2D eigenvalue weighted by Crippen LogP contribution is -2.49. The summed E-state index contributed by atoms with van der Waals surface area (Å²) < 4.78 is 27.6. The van der Waals surface area contributed by atoms with Crippen molar-refractivity contribution in [1.82, 2.24) is 4.72 Å². The van der Waals surface area contributed by atoms with Gasteiger partial charge in [0.05, 0.1) is 5.75 Å². The molecule has 2 aliphatic carbocycles. The van der Waals surface area contributed by atoms with Crippen LogP contribution in [0.5, 0.6) is 0 Å². The lowest BCUT2D eigenvalue weighted by Gasteiger charge is -2.36. The normalized spacial score (nSPS) is 28.1. The number of aliphatic imine (C=N–C) groups is 1. The summed E-state index contributed by atoms with van der Waals surface area (Å²) in [7, 11) is -3.95. The topological polar surface area (TPSA) is 165 Å². The quantitative estimate of drug-likeness (QED) is 0.241. The molecule has 9 nitrogen and oxygen atoms in total. The maximum absolute atomic E-state index is 12.7. The Bertz CT molecular complexity index is 714. The molecule has 0 aromatic carbocycles. The first-order valence-corrected chi connectivity index (χ1v) is 10.4. The number of aliphatic carboxylic acids is 1. The molecule has 2 unspecified atom stereocenters. The number of hydrogen-bond donors (Lipinski definition) is 4. The van der Waals surface area contributed by atoms with Crippen molar-refractivity contribution < 1.29 is 23.1 Å². The van der Waals surface area contributed by atoms with Crippen LogP contribution in [-0.2, 0) is 19.6 Å². The molecule has 2 fully saturated rings. The third kappa shape index (κ3) is 3.85. The number of ketones is 1. The van der Waals surface area contributed by atoms with Gasteiger partial charge in [0, 0.05) is 18.4 Å². The lowest BCUT2D eigenvalue weighted by atomic mass is 9.70. The Kier molecular flexibility index (Phi) is 5.67. The van der Waals surface area contributed by atoms with E-state index in [4.69, 9.17) is 11.5 Å². The average molecular weight is 388 g/mol. The molecule has 6 N–H and O–H groups in total. The molecule has 148 valence electrons. The number of Topliss-reactive ketones (excluding diaryl/α,β-unsaturated/α-hetero) is 1. The van der Waals surface area contributed by atoms with Crippen LogP contribution in [0.1, 0.15) is 46.0 Å². The number of carboxylic acid groups (broad SMARTS) is 1. The number of sulfonamides is 1. The molecule has 10 heteroatoms. The first-order chi connectivity index (χ1) is 11.9. The predicted octanol–water partition coefficient (Wildman–Crippen LogP) is -0.192. The molecule has 0 aliphatic heterocycles. The van der Waals surface area contributed by atoms with Crippen LogP contribution in [0.25, 0.3) is 0 Å². The molecule has 0 radical (unpaired) electrons. The van der Waals surface area contributed by atoms with Crippen molar-refractivity contribution in [1.29, 1.82) is 0 Å². The number of nitrogens with zero attached hydrogens (tertiary/aromatic N) is 1. The predicted molar refractivity (Wildman–Crippen MR) is 96.8 cm³/mol. The van der Waals surface area contributed by atoms with Crippen LogP contribution in [0.3, 0.4) is 0 Å². The number of nitrogens with two attached hydrogens (primary N) is 2. The Hall–Kier alpha value is -1.68. The van der Waals surface area contributed by atoms with Gasteiger partial charge in [0.25, 0.3) is 0 Å². The molecular weight excluding hydrogens is 360 g/mol. The largest absolute Gasteiger partial charge is 0.480 e. The van der Waals surface area contributed by atoms with E-state index in [2.05, 4.69) is 9.71 Å². The van der Waals surface area contributed by atoms with Gasteiger partial charge in [-0.2, -0.15) is 0 Å². The van der Waals surface area contributed by atoms with Crippen LogP contribution in [0.4, 0.5) is 0 Å². The number of fused-ring (bicyclic) bond motifs is 2. The van der Waals surface area contributed by atoms with Gasteiger partial charge in [-0.15, -0.1) is 0 Å². The van der Waals surface area contributed by atoms with E-state index in [0.29, 0.717) is 19.3 Å². The van der Waals surface area contributed by atoms with Gasteiger partial charge in [-0.3, -0.25) is 14.6 Å². The van der Waals surface area contributed by atoms with Crippen LogP contribution in [-0.4, -0.2) is 49.6 Å². The highest BCUT2D eigenvalue weighted by atomic mass is 32.2. The molecule has 0 amide bonds. The second-order valence-corrected chi connectivity index (χ2v) is 9.64. The number of carbonyl (C=O) groups is 2. The third-order valence-electron chi connectivity index (χ3n) is 6.14. The summed E-state index contributed by atoms with van der Waals surface area (Å²) in [6.07, 6.45) is 2.14. The second kappa shape index (κ2) is 7.15. The van der Waals surface area contributed by atoms with E-state index in [1.54, 1.807) is 0 Å². The van der Waals surface area contributed by atoms with E-state index in [0.717, 1.165) is 6.42 Å². The van der Waals surface area contributed by atoms with Crippen molar-refractivity contribution >= 4 is 27.7 Å². The standard InChI is InChI=1S/C16H28N4O5S/c1-15(2)10-5-6-16(15,12(21)8-10)9-26(24,25)20-11(13(22)23)4-3-7-19-14(17)18/h10-11,20H,3-9H2,1-2H3,(H,22,23)(H4,17,18,19)/t10?,11-,16?/m0/s1. The van der Waals surface area contributed by atoms with Gasteiger partial charge in [0.2, 0.25) is 10.0 Å². The maximum atomic E-state index is 12.7. The molecule has 0 saturated heterocycles. The molecule has 3 atom stereocenters. The van der Waals surface area contributed by atoms with Crippen molar-refractivity contribution in [3.8, 4) is 0 Å². The molecular formula is C16H28N4O5S. The fourth-order valence-electron chi connectivity index (χ4n) is 4.43. The lowest BCUT2D eigenvalue weighted by molar-refractivity contribution is -0.139. The molecule has 0 heterocycles. The molecule has 0 aromatic rings. The van der Waals surface area contributed by atoms with Gasteiger partial charge < -0.3 is 16.6 Å². The van der Waals surface area contributed by atoms with Crippen molar-refractivity contribution in [2.75, 3.05) is 12.3 Å². The van der Waals surface area contributed by atoms with Gasteiger partial charge in [-0.25, -0.2) is 13.1 Å². The van der Waals surface area contributed by atoms with Gasteiger partial charge in [0.1, 0.15) is 11.8 Å². The molecule has 2 bridgehead atoms. The van der Waals surface area contributed by atoms with E-state index >= 15 is 0 Å². The second-order valence-electron chi connectivity index (χ2n) is 7.88. The first-order valence-electron chi connectivity index (χ1n) is 8.73. The summed E-state index contributed by atoms with van der Waals surface area (Å²) in [5.74, 6) is -1.56. The summed E-state index contributed by atoms with van der Waals surface area (Å²) in [5.41, 5.74) is 9.08. The SMILES string of the molecule is CC1(C)C2CCC1(CS(=O)(=O)N[C@@H](CCCN=C(N)N)C(=O)O)C(=O)C2. The summed E-state index contributed by atoms with van der Waals surface area (Å²) >= 11 is 0. The Morgan fingerprint density at radius 3 is 2.54 bits per heavy atom. The Labute approximate surface area is 153 Å². The third-order valence-corrected chi connectivity index (χ3v) is 7.66. The molecule has 2 rings (SSSR count). The zero-order chi connectivity index (χ0) is 19.8. The zero-order valence-electron chi connectivity index (χ0n) is 15.2. The van der Waals surface area contributed by atoms with E-state index in [9.17, 15) is 23.1 Å². The first kappa shape index (κ1) is 20.6. The molecule has 2 aliphatic rings. The Morgan fingerprint density at radius 1 is 1.42 bits per heavy atom.